The number of nitrogens with one attached hydrogen (secondary N) is 1. The van der Waals surface area contributed by atoms with Gasteiger partial charge in [0.25, 0.3) is 17.1 Å². The highest BCUT2D eigenvalue weighted by molar-refractivity contribution is 8.18. The predicted molar refractivity (Wildman–Crippen MR) is 180 cm³/mol. The van der Waals surface area contributed by atoms with Crippen LogP contribution in [0.4, 0.5) is 10.5 Å². The monoisotopic (exact) mass is 617 g/mol. The largest absolute Gasteiger partial charge is 0.322 e. The molecular formula is C36H31N3O3S2. The number of carbonyl (C=O) groups is 3. The van der Waals surface area contributed by atoms with Crippen LogP contribution in [-0.2, 0) is 24.2 Å². The van der Waals surface area contributed by atoms with E-state index < -0.39 is 0 Å². The van der Waals surface area contributed by atoms with Gasteiger partial charge in [0.05, 0.1) is 17.0 Å². The molecule has 0 atom stereocenters. The van der Waals surface area contributed by atoms with Crippen LogP contribution in [0.5, 0.6) is 0 Å². The molecule has 1 N–H and O–H groups in total. The SMILES string of the molecule is Cc1cc(/C=C2/SC(=O)N(Cc3cccc4ccccc34)C2=O)c(C)n1-c1sc2c(c1C(=O)Nc1ccccc1)CCCC2. The minimum absolute atomic E-state index is 0.103. The van der Waals surface area contributed by atoms with E-state index in [1.54, 1.807) is 11.3 Å². The van der Waals surface area contributed by atoms with E-state index >= 15 is 0 Å². The second-order valence-electron chi connectivity index (χ2n) is 11.3. The Bertz CT molecular complexity index is 1980. The molecular weight excluding hydrogens is 587 g/mol. The lowest BCUT2D eigenvalue weighted by Gasteiger charge is -2.14. The Morgan fingerprint density at radius 3 is 2.52 bits per heavy atom. The number of imide groups is 1. The Kier molecular flexibility index (Phi) is 7.48. The number of carbonyl (C=O) groups excluding carboxylic acids is 3. The number of hydrogen-bond donors (Lipinski definition) is 1. The van der Waals surface area contributed by atoms with Crippen molar-refractivity contribution in [3.05, 3.63) is 122 Å². The van der Waals surface area contributed by atoms with E-state index in [1.807, 2.05) is 98.8 Å². The van der Waals surface area contributed by atoms with Gasteiger partial charge in [-0.15, -0.1) is 11.3 Å². The zero-order valence-electron chi connectivity index (χ0n) is 24.6. The summed E-state index contributed by atoms with van der Waals surface area (Å²) in [6.45, 7) is 4.26. The van der Waals surface area contributed by atoms with E-state index in [-0.39, 0.29) is 23.6 Å². The smallest absolute Gasteiger partial charge is 0.293 e. The molecule has 220 valence electrons. The number of anilines is 1. The lowest BCUT2D eigenvalue weighted by molar-refractivity contribution is -0.123. The second kappa shape index (κ2) is 11.6. The zero-order valence-corrected chi connectivity index (χ0v) is 26.2. The molecule has 5 aromatic rings. The van der Waals surface area contributed by atoms with Crippen LogP contribution >= 0.6 is 23.1 Å². The minimum atomic E-state index is -0.285. The molecule has 2 aliphatic rings. The number of aryl methyl sites for hydroxylation is 2. The number of thiophene rings is 1. The van der Waals surface area contributed by atoms with Gasteiger partial charge in [0, 0.05) is 22.0 Å². The quantitative estimate of drug-likeness (QED) is 0.194. The number of rotatable bonds is 6. The number of para-hydroxylation sites is 1. The first kappa shape index (κ1) is 28.4. The fourth-order valence-corrected chi connectivity index (χ4v) is 8.61. The fraction of sp³-hybridized carbons (Fsp3) is 0.194. The second-order valence-corrected chi connectivity index (χ2v) is 13.4. The standard InChI is InChI=1S/C36H31N3O3S2/c1-22-19-26(20-31-34(41)38(36(42)44-31)21-25-13-10-12-24-11-6-7-16-28(24)25)23(2)39(22)35-32(29-17-8-9-18-30(29)43-35)33(40)37-27-14-4-3-5-15-27/h3-7,10-16,19-20H,8-9,17-18,21H2,1-2H3,(H,37,40)/b31-20+. The Labute approximate surface area is 264 Å². The van der Waals surface area contributed by atoms with Crippen LogP contribution in [0.2, 0.25) is 0 Å². The van der Waals surface area contributed by atoms with Gasteiger partial charge in [-0.3, -0.25) is 19.3 Å². The van der Waals surface area contributed by atoms with Crippen molar-refractivity contribution in [3.8, 4) is 5.00 Å². The van der Waals surface area contributed by atoms with Crippen molar-refractivity contribution in [2.75, 3.05) is 5.32 Å². The van der Waals surface area contributed by atoms with Gasteiger partial charge in [0.15, 0.2) is 0 Å². The molecule has 8 heteroatoms. The molecule has 0 bridgehead atoms. The molecule has 0 unspecified atom stereocenters. The maximum Gasteiger partial charge on any atom is 0.293 e. The molecule has 1 saturated heterocycles. The first-order valence-corrected chi connectivity index (χ1v) is 16.4. The first-order valence-electron chi connectivity index (χ1n) is 14.8. The van der Waals surface area contributed by atoms with Crippen molar-refractivity contribution < 1.29 is 14.4 Å². The van der Waals surface area contributed by atoms with Crippen molar-refractivity contribution in [3.63, 3.8) is 0 Å². The van der Waals surface area contributed by atoms with Crippen LogP contribution in [0.1, 0.15) is 56.2 Å². The third-order valence-corrected chi connectivity index (χ3v) is 10.6. The van der Waals surface area contributed by atoms with E-state index in [1.165, 1.54) is 9.78 Å². The van der Waals surface area contributed by atoms with Gasteiger partial charge in [-0.2, -0.15) is 0 Å². The summed E-state index contributed by atoms with van der Waals surface area (Å²) in [6.07, 6.45) is 5.87. The Balaban J connectivity index is 1.22. The van der Waals surface area contributed by atoms with Gasteiger partial charge in [0.2, 0.25) is 0 Å². The Hall–Kier alpha value is -4.40. The van der Waals surface area contributed by atoms with Crippen LogP contribution < -0.4 is 5.32 Å². The molecule has 1 aliphatic carbocycles. The summed E-state index contributed by atoms with van der Waals surface area (Å²) >= 11 is 2.67. The molecule has 1 fully saturated rings. The van der Waals surface area contributed by atoms with Gasteiger partial charge in [0.1, 0.15) is 5.00 Å². The summed E-state index contributed by atoms with van der Waals surface area (Å²) in [4.78, 5) is 43.4. The molecule has 6 nitrogen and oxygen atoms in total. The molecule has 3 amide bonds. The summed E-state index contributed by atoms with van der Waals surface area (Å²) in [6, 6.07) is 25.5. The summed E-state index contributed by atoms with van der Waals surface area (Å²) < 4.78 is 2.13. The number of hydrogen-bond acceptors (Lipinski definition) is 5. The molecule has 1 aliphatic heterocycles. The van der Waals surface area contributed by atoms with Gasteiger partial charge in [-0.25, -0.2) is 0 Å². The number of amides is 3. The highest BCUT2D eigenvalue weighted by Crippen LogP contribution is 2.40. The summed E-state index contributed by atoms with van der Waals surface area (Å²) in [5, 5.41) is 5.85. The zero-order chi connectivity index (χ0) is 30.4. The maximum absolute atomic E-state index is 13.8. The van der Waals surface area contributed by atoms with Crippen molar-refractivity contribution in [2.24, 2.45) is 0 Å². The van der Waals surface area contributed by atoms with Gasteiger partial charge in [-0.1, -0.05) is 60.7 Å². The number of aromatic nitrogens is 1. The minimum Gasteiger partial charge on any atom is -0.322 e. The fourth-order valence-electron chi connectivity index (χ4n) is 6.28. The molecule has 0 radical (unpaired) electrons. The molecule has 44 heavy (non-hydrogen) atoms. The number of fused-ring (bicyclic) bond motifs is 2. The van der Waals surface area contributed by atoms with Crippen LogP contribution in [0.15, 0.2) is 83.8 Å². The predicted octanol–water partition coefficient (Wildman–Crippen LogP) is 8.68. The summed E-state index contributed by atoms with van der Waals surface area (Å²) in [7, 11) is 0. The normalized spacial score (nSPS) is 15.8. The van der Waals surface area contributed by atoms with Gasteiger partial charge < -0.3 is 9.88 Å². The van der Waals surface area contributed by atoms with Gasteiger partial charge >= 0.3 is 0 Å². The Morgan fingerprint density at radius 2 is 1.68 bits per heavy atom. The lowest BCUT2D eigenvalue weighted by atomic mass is 9.95. The van der Waals surface area contributed by atoms with Crippen molar-refractivity contribution in [2.45, 2.75) is 46.1 Å². The van der Waals surface area contributed by atoms with Crippen LogP contribution in [0.3, 0.4) is 0 Å². The van der Waals surface area contributed by atoms with E-state index in [9.17, 15) is 14.4 Å². The number of nitrogens with zero attached hydrogens (tertiary/aromatic N) is 2. The molecule has 0 saturated carbocycles. The molecule has 0 spiro atoms. The van der Waals surface area contributed by atoms with Crippen molar-refractivity contribution in [1.82, 2.24) is 9.47 Å². The third-order valence-electron chi connectivity index (χ3n) is 8.45. The molecule has 3 heterocycles. The number of benzene rings is 3. The van der Waals surface area contributed by atoms with Crippen LogP contribution in [0, 0.1) is 13.8 Å². The number of thioether (sulfide) groups is 1. The van der Waals surface area contributed by atoms with E-state index in [0.717, 1.165) is 92.5 Å². The lowest BCUT2D eigenvalue weighted by Crippen LogP contribution is -2.27. The Morgan fingerprint density at radius 1 is 0.932 bits per heavy atom. The molecule has 3 aromatic carbocycles. The van der Waals surface area contributed by atoms with Crippen molar-refractivity contribution in [1.29, 1.82) is 0 Å². The highest BCUT2D eigenvalue weighted by Gasteiger charge is 2.36. The molecule has 7 rings (SSSR count). The first-order chi connectivity index (χ1) is 21.4. The average molecular weight is 618 g/mol. The summed E-state index contributed by atoms with van der Waals surface area (Å²) in [5.41, 5.74) is 6.34. The summed E-state index contributed by atoms with van der Waals surface area (Å²) in [5.74, 6) is -0.388. The van der Waals surface area contributed by atoms with Crippen LogP contribution in [-0.4, -0.2) is 26.5 Å². The average Bonchev–Trinajstić information content (AvgIpc) is 3.63. The molecule has 2 aromatic heterocycles. The van der Waals surface area contributed by atoms with Crippen molar-refractivity contribution >= 4 is 62.7 Å². The van der Waals surface area contributed by atoms with E-state index in [0.29, 0.717) is 4.91 Å². The maximum atomic E-state index is 13.8. The van der Waals surface area contributed by atoms with E-state index in [4.69, 9.17) is 0 Å². The van der Waals surface area contributed by atoms with Gasteiger partial charge in [-0.05, 0) is 103 Å². The third kappa shape index (κ3) is 5.08. The topological polar surface area (TPSA) is 71.4 Å². The van der Waals surface area contributed by atoms with E-state index in [2.05, 4.69) is 9.88 Å². The van der Waals surface area contributed by atoms with Crippen LogP contribution in [0.25, 0.3) is 21.8 Å². The highest BCUT2D eigenvalue weighted by atomic mass is 32.2.